The largest absolute Gasteiger partial charge is 0.492 e. The maximum atomic E-state index is 12.6. The van der Waals surface area contributed by atoms with Crippen LogP contribution in [0.3, 0.4) is 0 Å². The van der Waals surface area contributed by atoms with Crippen LogP contribution in [-0.4, -0.2) is 23.5 Å². The van der Waals surface area contributed by atoms with Crippen LogP contribution in [0.5, 0.6) is 5.75 Å². The molecule has 0 saturated carbocycles. The lowest BCUT2D eigenvalue weighted by Crippen LogP contribution is -2.34. The normalized spacial score (nSPS) is 10.4. The molecule has 0 aliphatic heterocycles. The van der Waals surface area contributed by atoms with Crippen LogP contribution in [-0.2, 0) is 11.2 Å². The van der Waals surface area contributed by atoms with Crippen LogP contribution in [0.4, 0.5) is 11.4 Å². The Labute approximate surface area is 232 Å². The smallest absolute Gasteiger partial charge is 0.257 e. The SMILES string of the molecule is CCCCCCOc1ccc(C(=O)NC(=S)Nc2ccc(NC(=O)CCc3ccccc3)cc2)cc1Br. The second-order valence-electron chi connectivity index (χ2n) is 8.57. The molecule has 0 aliphatic rings. The van der Waals surface area contributed by atoms with E-state index in [4.69, 9.17) is 17.0 Å². The molecule has 0 saturated heterocycles. The number of thiocarbonyl (C=S) groups is 1. The Balaban J connectivity index is 1.43. The summed E-state index contributed by atoms with van der Waals surface area (Å²) in [5, 5.41) is 8.75. The third kappa shape index (κ3) is 9.98. The predicted molar refractivity (Wildman–Crippen MR) is 157 cm³/mol. The van der Waals surface area contributed by atoms with E-state index in [1.165, 1.54) is 12.8 Å². The summed E-state index contributed by atoms with van der Waals surface area (Å²) in [6.45, 7) is 2.82. The summed E-state index contributed by atoms with van der Waals surface area (Å²) in [7, 11) is 0. The van der Waals surface area contributed by atoms with E-state index in [0.29, 0.717) is 42.1 Å². The minimum atomic E-state index is -0.324. The fraction of sp³-hybridized carbons (Fsp3) is 0.276. The molecular weight excluding hydrogens is 550 g/mol. The third-order valence-corrected chi connectivity index (χ3v) is 6.41. The number of amides is 2. The highest BCUT2D eigenvalue weighted by Gasteiger charge is 2.11. The second-order valence-corrected chi connectivity index (χ2v) is 9.84. The Kier molecular flexibility index (Phi) is 11.6. The van der Waals surface area contributed by atoms with Crippen LogP contribution in [0.1, 0.15) is 54.9 Å². The van der Waals surface area contributed by atoms with Gasteiger partial charge in [0.15, 0.2) is 5.11 Å². The Hall–Kier alpha value is -3.23. The number of ether oxygens (including phenoxy) is 1. The Morgan fingerprint density at radius 2 is 1.59 bits per heavy atom. The molecule has 3 N–H and O–H groups in total. The van der Waals surface area contributed by atoms with E-state index < -0.39 is 0 Å². The van der Waals surface area contributed by atoms with Crippen molar-refractivity contribution in [3.05, 3.63) is 88.4 Å². The lowest BCUT2D eigenvalue weighted by atomic mass is 10.1. The van der Waals surface area contributed by atoms with Crippen LogP contribution in [0, 0.1) is 0 Å². The highest BCUT2D eigenvalue weighted by molar-refractivity contribution is 9.10. The van der Waals surface area contributed by atoms with Crippen molar-refractivity contribution >= 4 is 56.4 Å². The Morgan fingerprint density at radius 1 is 0.892 bits per heavy atom. The van der Waals surface area contributed by atoms with Crippen molar-refractivity contribution in [1.82, 2.24) is 5.32 Å². The number of halogens is 1. The van der Waals surface area contributed by atoms with E-state index in [-0.39, 0.29) is 16.9 Å². The summed E-state index contributed by atoms with van der Waals surface area (Å²) in [5.74, 6) is 0.336. The molecule has 3 aromatic rings. The van der Waals surface area contributed by atoms with E-state index in [9.17, 15) is 9.59 Å². The number of benzene rings is 3. The minimum absolute atomic E-state index is 0.0496. The van der Waals surface area contributed by atoms with Crippen molar-refractivity contribution < 1.29 is 14.3 Å². The molecule has 3 rings (SSSR count). The molecule has 0 atom stereocenters. The van der Waals surface area contributed by atoms with Gasteiger partial charge in [-0.1, -0.05) is 56.5 Å². The average Bonchev–Trinajstić information content (AvgIpc) is 2.90. The fourth-order valence-electron chi connectivity index (χ4n) is 3.57. The summed E-state index contributed by atoms with van der Waals surface area (Å²) in [4.78, 5) is 24.9. The van der Waals surface area contributed by atoms with E-state index >= 15 is 0 Å². The van der Waals surface area contributed by atoms with Gasteiger partial charge in [0.1, 0.15) is 5.75 Å². The second kappa shape index (κ2) is 15.1. The van der Waals surface area contributed by atoms with Gasteiger partial charge >= 0.3 is 0 Å². The number of rotatable bonds is 12. The predicted octanol–water partition coefficient (Wildman–Crippen LogP) is 7.11. The number of aryl methyl sites for hydroxylation is 1. The van der Waals surface area contributed by atoms with E-state index in [0.717, 1.165) is 22.9 Å². The first-order chi connectivity index (χ1) is 17.9. The monoisotopic (exact) mass is 581 g/mol. The fourth-order valence-corrected chi connectivity index (χ4v) is 4.27. The molecule has 6 nitrogen and oxygen atoms in total. The molecular formula is C29H32BrN3O3S. The number of unbranched alkanes of at least 4 members (excludes halogenated alkanes) is 3. The van der Waals surface area contributed by atoms with Crippen molar-refractivity contribution in [2.24, 2.45) is 0 Å². The van der Waals surface area contributed by atoms with Gasteiger partial charge < -0.3 is 15.4 Å². The van der Waals surface area contributed by atoms with E-state index in [2.05, 4.69) is 38.8 Å². The molecule has 0 fully saturated rings. The lowest BCUT2D eigenvalue weighted by molar-refractivity contribution is -0.116. The van der Waals surface area contributed by atoms with E-state index in [1.807, 2.05) is 30.3 Å². The van der Waals surface area contributed by atoms with Gasteiger partial charge in [0.2, 0.25) is 5.91 Å². The Bertz CT molecular complexity index is 1190. The van der Waals surface area contributed by atoms with Gasteiger partial charge in [0.25, 0.3) is 5.91 Å². The highest BCUT2D eigenvalue weighted by atomic mass is 79.9. The summed E-state index contributed by atoms with van der Waals surface area (Å²) in [6, 6.07) is 22.2. The van der Waals surface area contributed by atoms with Crippen molar-refractivity contribution in [3.63, 3.8) is 0 Å². The molecule has 3 aromatic carbocycles. The van der Waals surface area contributed by atoms with Gasteiger partial charge in [-0.15, -0.1) is 0 Å². The van der Waals surface area contributed by atoms with Crippen molar-refractivity contribution in [3.8, 4) is 5.75 Å². The number of carbonyl (C=O) groups is 2. The molecule has 0 aliphatic carbocycles. The molecule has 0 radical (unpaired) electrons. The number of hydrogen-bond acceptors (Lipinski definition) is 4. The van der Waals surface area contributed by atoms with Gasteiger partial charge in [-0.25, -0.2) is 0 Å². The molecule has 0 heterocycles. The number of carbonyl (C=O) groups excluding carboxylic acids is 2. The maximum absolute atomic E-state index is 12.6. The van der Waals surface area contributed by atoms with Crippen LogP contribution >= 0.6 is 28.1 Å². The molecule has 0 unspecified atom stereocenters. The molecule has 2 amide bonds. The third-order valence-electron chi connectivity index (χ3n) is 5.59. The standard InChI is InChI=1S/C29H32BrN3O3S/c1-2-3-4-8-19-36-26-17-12-22(20-25(26)30)28(35)33-29(37)32-24-15-13-23(14-16-24)31-27(34)18-11-21-9-6-5-7-10-21/h5-7,9-10,12-17,20H,2-4,8,11,18-19H2,1H3,(H,31,34)(H2,32,33,35,37). The molecule has 8 heteroatoms. The molecule has 37 heavy (non-hydrogen) atoms. The first kappa shape index (κ1) is 28.3. The number of anilines is 2. The zero-order valence-electron chi connectivity index (χ0n) is 20.9. The van der Waals surface area contributed by atoms with Crippen LogP contribution < -0.4 is 20.7 Å². The van der Waals surface area contributed by atoms with Gasteiger partial charge in [-0.05, 0) is 89.0 Å². The summed E-state index contributed by atoms with van der Waals surface area (Å²) < 4.78 is 6.52. The lowest BCUT2D eigenvalue weighted by Gasteiger charge is -2.12. The molecule has 194 valence electrons. The van der Waals surface area contributed by atoms with Gasteiger partial charge in [0, 0.05) is 23.4 Å². The first-order valence-corrected chi connectivity index (χ1v) is 13.6. The Morgan fingerprint density at radius 3 is 2.27 bits per heavy atom. The van der Waals surface area contributed by atoms with Crippen LogP contribution in [0.2, 0.25) is 0 Å². The van der Waals surface area contributed by atoms with Gasteiger partial charge in [-0.2, -0.15) is 0 Å². The molecule has 0 spiro atoms. The van der Waals surface area contributed by atoms with E-state index in [1.54, 1.807) is 42.5 Å². The zero-order valence-corrected chi connectivity index (χ0v) is 23.3. The van der Waals surface area contributed by atoms with Gasteiger partial charge in [0.05, 0.1) is 11.1 Å². The minimum Gasteiger partial charge on any atom is -0.492 e. The zero-order chi connectivity index (χ0) is 26.5. The summed E-state index contributed by atoms with van der Waals surface area (Å²) in [6.07, 6.45) is 5.63. The van der Waals surface area contributed by atoms with Gasteiger partial charge in [-0.3, -0.25) is 14.9 Å². The van der Waals surface area contributed by atoms with Crippen molar-refractivity contribution in [2.45, 2.75) is 45.4 Å². The number of hydrogen-bond donors (Lipinski definition) is 3. The maximum Gasteiger partial charge on any atom is 0.257 e. The highest BCUT2D eigenvalue weighted by Crippen LogP contribution is 2.26. The van der Waals surface area contributed by atoms with Crippen molar-refractivity contribution in [1.29, 1.82) is 0 Å². The summed E-state index contributed by atoms with van der Waals surface area (Å²) >= 11 is 8.78. The summed E-state index contributed by atoms with van der Waals surface area (Å²) in [5.41, 5.74) is 2.97. The topological polar surface area (TPSA) is 79.5 Å². The average molecular weight is 583 g/mol. The quantitative estimate of drug-likeness (QED) is 0.157. The number of nitrogens with one attached hydrogen (secondary N) is 3. The first-order valence-electron chi connectivity index (χ1n) is 12.4. The van der Waals surface area contributed by atoms with Crippen LogP contribution in [0.15, 0.2) is 77.3 Å². The van der Waals surface area contributed by atoms with Crippen molar-refractivity contribution in [2.75, 3.05) is 17.2 Å². The molecule has 0 bridgehead atoms. The van der Waals surface area contributed by atoms with Crippen LogP contribution in [0.25, 0.3) is 0 Å². The molecule has 0 aromatic heterocycles.